The number of cyclic esters (lactones) is 2. The molecule has 0 amide bonds. The lowest BCUT2D eigenvalue weighted by Gasteiger charge is -2.11. The van der Waals surface area contributed by atoms with E-state index in [-0.39, 0.29) is 37.2 Å². The van der Waals surface area contributed by atoms with Crippen LogP contribution in [0.2, 0.25) is 0 Å². The molecule has 138 valence electrons. The van der Waals surface area contributed by atoms with E-state index in [0.29, 0.717) is 11.1 Å². The summed E-state index contributed by atoms with van der Waals surface area (Å²) in [7, 11) is 0. The van der Waals surface area contributed by atoms with Gasteiger partial charge in [-0.3, -0.25) is 9.59 Å². The fourth-order valence-electron chi connectivity index (χ4n) is 3.16. The largest absolute Gasteiger partial charge is 0.466 e. The van der Waals surface area contributed by atoms with Gasteiger partial charge < -0.3 is 18.9 Å². The van der Waals surface area contributed by atoms with Crippen molar-refractivity contribution in [3.05, 3.63) is 34.4 Å². The molecule has 8 heteroatoms. The predicted molar refractivity (Wildman–Crippen MR) is 85.3 cm³/mol. The van der Waals surface area contributed by atoms with Gasteiger partial charge in [-0.15, -0.1) is 0 Å². The fraction of sp³-hybridized carbons (Fsp3) is 0.444. The monoisotopic (exact) mass is 362 g/mol. The highest BCUT2D eigenvalue weighted by Crippen LogP contribution is 2.42. The second kappa shape index (κ2) is 7.15. The van der Waals surface area contributed by atoms with E-state index in [1.807, 2.05) is 0 Å². The highest BCUT2D eigenvalue weighted by Gasteiger charge is 2.43. The third-order valence-corrected chi connectivity index (χ3v) is 4.19. The van der Waals surface area contributed by atoms with E-state index in [2.05, 4.69) is 0 Å². The topological polar surface area (TPSA) is 105 Å². The minimum Gasteiger partial charge on any atom is -0.466 e. The lowest BCUT2D eigenvalue weighted by atomic mass is 9.92. The quantitative estimate of drug-likeness (QED) is 0.559. The van der Waals surface area contributed by atoms with Gasteiger partial charge in [0.1, 0.15) is 12.2 Å². The van der Waals surface area contributed by atoms with Crippen molar-refractivity contribution in [2.75, 3.05) is 13.2 Å². The maximum Gasteiger partial charge on any atom is 0.340 e. The Balaban J connectivity index is 1.90. The van der Waals surface area contributed by atoms with E-state index in [0.717, 1.165) is 0 Å². The molecule has 0 spiro atoms. The van der Waals surface area contributed by atoms with Crippen molar-refractivity contribution in [3.8, 4) is 0 Å². The Morgan fingerprint density at radius 2 is 1.23 bits per heavy atom. The fourth-order valence-corrected chi connectivity index (χ4v) is 3.16. The number of esters is 4. The molecule has 2 aliphatic heterocycles. The van der Waals surface area contributed by atoms with Crippen molar-refractivity contribution >= 4 is 23.9 Å². The van der Waals surface area contributed by atoms with Gasteiger partial charge in [0.2, 0.25) is 0 Å². The maximum atomic E-state index is 12.3. The van der Waals surface area contributed by atoms with Crippen LogP contribution in [0.4, 0.5) is 0 Å². The van der Waals surface area contributed by atoms with Crippen LogP contribution in [0.25, 0.3) is 0 Å². The third-order valence-electron chi connectivity index (χ3n) is 4.19. The molecule has 0 bridgehead atoms. The van der Waals surface area contributed by atoms with Crippen molar-refractivity contribution < 1.29 is 38.1 Å². The molecule has 2 unspecified atom stereocenters. The van der Waals surface area contributed by atoms with Crippen molar-refractivity contribution in [1.29, 1.82) is 0 Å². The zero-order valence-corrected chi connectivity index (χ0v) is 14.4. The van der Waals surface area contributed by atoms with Crippen molar-refractivity contribution in [3.63, 3.8) is 0 Å². The first-order chi connectivity index (χ1) is 12.5. The number of carbonyl (C=O) groups is 4. The van der Waals surface area contributed by atoms with E-state index in [9.17, 15) is 19.2 Å². The predicted octanol–water partition coefficient (Wildman–Crippen LogP) is 2.02. The van der Waals surface area contributed by atoms with E-state index in [4.69, 9.17) is 18.9 Å². The summed E-state index contributed by atoms with van der Waals surface area (Å²) >= 11 is 0. The average molecular weight is 362 g/mol. The van der Waals surface area contributed by atoms with Gasteiger partial charge in [0, 0.05) is 11.1 Å². The maximum absolute atomic E-state index is 12.3. The summed E-state index contributed by atoms with van der Waals surface area (Å²) in [4.78, 5) is 47.9. The average Bonchev–Trinajstić information content (AvgIpc) is 3.06. The van der Waals surface area contributed by atoms with Crippen LogP contribution in [-0.4, -0.2) is 37.1 Å². The van der Waals surface area contributed by atoms with Gasteiger partial charge in [-0.1, -0.05) is 12.1 Å². The molecule has 8 nitrogen and oxygen atoms in total. The molecule has 3 rings (SSSR count). The Labute approximate surface area is 149 Å². The van der Waals surface area contributed by atoms with Crippen LogP contribution in [0.5, 0.6) is 0 Å². The van der Waals surface area contributed by atoms with Crippen LogP contribution in [-0.2, 0) is 28.5 Å². The lowest BCUT2D eigenvalue weighted by Crippen LogP contribution is -2.10. The molecule has 2 heterocycles. The van der Waals surface area contributed by atoms with Crippen LogP contribution in [0.15, 0.2) is 12.1 Å². The first kappa shape index (κ1) is 17.9. The van der Waals surface area contributed by atoms with E-state index in [1.165, 1.54) is 0 Å². The minimum atomic E-state index is -0.807. The van der Waals surface area contributed by atoms with Crippen LogP contribution >= 0.6 is 0 Å². The van der Waals surface area contributed by atoms with Gasteiger partial charge in [0.15, 0.2) is 0 Å². The van der Waals surface area contributed by atoms with Gasteiger partial charge in [-0.2, -0.15) is 0 Å². The molecule has 0 saturated heterocycles. The lowest BCUT2D eigenvalue weighted by molar-refractivity contribution is -0.146. The number of carbonyl (C=O) groups excluding carboxylic acids is 4. The second-order valence-electron chi connectivity index (χ2n) is 5.80. The molecule has 2 aliphatic rings. The highest BCUT2D eigenvalue weighted by molar-refractivity contribution is 6.08. The number of ether oxygens (including phenoxy) is 4. The molecule has 0 radical (unpaired) electrons. The molecule has 26 heavy (non-hydrogen) atoms. The summed E-state index contributed by atoms with van der Waals surface area (Å²) in [6, 6.07) is 3.23. The van der Waals surface area contributed by atoms with E-state index < -0.39 is 36.1 Å². The summed E-state index contributed by atoms with van der Waals surface area (Å²) in [5, 5.41) is 0. The summed E-state index contributed by atoms with van der Waals surface area (Å²) in [6.07, 6.45) is -1.88. The zero-order chi connectivity index (χ0) is 18.8. The van der Waals surface area contributed by atoms with Gasteiger partial charge in [-0.05, 0) is 13.8 Å². The normalized spacial score (nSPS) is 20.1. The molecule has 0 aliphatic carbocycles. The second-order valence-corrected chi connectivity index (χ2v) is 5.80. The number of hydrogen-bond acceptors (Lipinski definition) is 8. The smallest absolute Gasteiger partial charge is 0.340 e. The van der Waals surface area contributed by atoms with Gasteiger partial charge in [0.05, 0.1) is 37.2 Å². The molecular weight excluding hydrogens is 344 g/mol. The number of hydrogen-bond donors (Lipinski definition) is 0. The van der Waals surface area contributed by atoms with Gasteiger partial charge >= 0.3 is 23.9 Å². The van der Waals surface area contributed by atoms with Crippen LogP contribution in [0, 0.1) is 0 Å². The summed E-state index contributed by atoms with van der Waals surface area (Å²) in [5.41, 5.74) is 1.06. The molecule has 0 aromatic heterocycles. The molecular formula is C18H18O8. The van der Waals surface area contributed by atoms with Crippen molar-refractivity contribution in [2.24, 2.45) is 0 Å². The number of fused-ring (bicyclic) bond motifs is 3. The Kier molecular flexibility index (Phi) is 4.92. The molecule has 0 saturated carbocycles. The Hall–Kier alpha value is -2.90. The van der Waals surface area contributed by atoms with E-state index in [1.54, 1.807) is 26.0 Å². The van der Waals surface area contributed by atoms with Crippen LogP contribution in [0.1, 0.15) is 70.7 Å². The molecule has 0 N–H and O–H groups in total. The van der Waals surface area contributed by atoms with Crippen LogP contribution < -0.4 is 0 Å². The van der Waals surface area contributed by atoms with Crippen LogP contribution in [0.3, 0.4) is 0 Å². The molecule has 1 aromatic rings. The molecule has 0 fully saturated rings. The zero-order valence-electron chi connectivity index (χ0n) is 14.4. The standard InChI is InChI=1S/C18H18O8/c1-3-23-13(19)7-11-9-5-6-10-12(8-14(20)24-4-2)26-18(22)16(10)15(9)17(21)25-11/h5-6,11-12H,3-4,7-8H2,1-2H3. The highest BCUT2D eigenvalue weighted by atomic mass is 16.6. The van der Waals surface area contributed by atoms with Crippen molar-refractivity contribution in [1.82, 2.24) is 0 Å². The number of rotatable bonds is 6. The van der Waals surface area contributed by atoms with Crippen molar-refractivity contribution in [2.45, 2.75) is 38.9 Å². The number of benzene rings is 1. The third kappa shape index (κ3) is 3.14. The Morgan fingerprint density at radius 1 is 0.846 bits per heavy atom. The first-order valence-corrected chi connectivity index (χ1v) is 8.36. The Morgan fingerprint density at radius 3 is 1.58 bits per heavy atom. The SMILES string of the molecule is CCOC(=O)CC1OC(=O)c2c1ccc1c2C(=O)OC1CC(=O)OCC. The minimum absolute atomic E-state index is 0.0909. The van der Waals surface area contributed by atoms with E-state index >= 15 is 0 Å². The van der Waals surface area contributed by atoms with Gasteiger partial charge in [-0.25, -0.2) is 9.59 Å². The summed E-state index contributed by atoms with van der Waals surface area (Å²) in [6.45, 7) is 3.80. The first-order valence-electron chi connectivity index (χ1n) is 8.36. The summed E-state index contributed by atoms with van der Waals surface area (Å²) in [5.74, 6) is -2.39. The molecule has 2 atom stereocenters. The summed E-state index contributed by atoms with van der Waals surface area (Å²) < 4.78 is 20.2. The Bertz CT molecular complexity index is 717. The van der Waals surface area contributed by atoms with Gasteiger partial charge in [0.25, 0.3) is 0 Å². The molecule has 1 aromatic carbocycles.